The third-order valence-corrected chi connectivity index (χ3v) is 6.87. The van der Waals surface area contributed by atoms with E-state index in [1.54, 1.807) is 54.6 Å². The SMILES string of the molecule is O=C(/C(=C/c1ccc(-c2ccc(SC(F)F)cc2)o1)c1nc2ccccc2s1)c1ccccc1. The lowest BCUT2D eigenvalue weighted by Crippen LogP contribution is -2.02. The first-order valence-corrected chi connectivity index (χ1v) is 12.1. The van der Waals surface area contributed by atoms with E-state index in [1.807, 2.05) is 42.5 Å². The summed E-state index contributed by atoms with van der Waals surface area (Å²) in [4.78, 5) is 18.6. The minimum Gasteiger partial charge on any atom is -0.457 e. The third kappa shape index (κ3) is 4.85. The highest BCUT2D eigenvalue weighted by atomic mass is 32.2. The molecule has 0 aliphatic carbocycles. The van der Waals surface area contributed by atoms with Gasteiger partial charge in [-0.15, -0.1) is 11.3 Å². The molecular formula is C27H17F2NO2S2. The van der Waals surface area contributed by atoms with Crippen molar-refractivity contribution in [3.8, 4) is 11.3 Å². The lowest BCUT2D eigenvalue weighted by molar-refractivity contribution is 0.105. The summed E-state index contributed by atoms with van der Waals surface area (Å²) in [6.07, 6.45) is 1.71. The number of hydrogen-bond donors (Lipinski definition) is 0. The minimum absolute atomic E-state index is 0.147. The number of thiazole rings is 1. The average molecular weight is 490 g/mol. The van der Waals surface area contributed by atoms with Crippen LogP contribution in [0.15, 0.2) is 100 Å². The summed E-state index contributed by atoms with van der Waals surface area (Å²) in [5.74, 6) is -1.53. The molecule has 3 aromatic carbocycles. The molecule has 2 aromatic heterocycles. The highest BCUT2D eigenvalue weighted by molar-refractivity contribution is 7.99. The number of para-hydroxylation sites is 1. The van der Waals surface area contributed by atoms with E-state index in [2.05, 4.69) is 4.98 Å². The molecule has 0 saturated carbocycles. The average Bonchev–Trinajstić information content (AvgIpc) is 3.50. The lowest BCUT2D eigenvalue weighted by atomic mass is 10.0. The Morgan fingerprint density at radius 3 is 2.38 bits per heavy atom. The number of hydrogen-bond acceptors (Lipinski definition) is 5. The van der Waals surface area contributed by atoms with Crippen LogP contribution < -0.4 is 0 Å². The summed E-state index contributed by atoms with van der Waals surface area (Å²) in [5.41, 5.74) is 2.59. The predicted molar refractivity (Wildman–Crippen MR) is 134 cm³/mol. The van der Waals surface area contributed by atoms with Gasteiger partial charge in [0.05, 0.1) is 15.8 Å². The molecule has 0 N–H and O–H groups in total. The van der Waals surface area contributed by atoms with Gasteiger partial charge in [-0.3, -0.25) is 4.79 Å². The Morgan fingerprint density at radius 1 is 0.912 bits per heavy atom. The van der Waals surface area contributed by atoms with Crippen LogP contribution in [0.4, 0.5) is 8.78 Å². The zero-order valence-corrected chi connectivity index (χ0v) is 19.3. The molecule has 0 atom stereocenters. The van der Waals surface area contributed by atoms with Gasteiger partial charge in [-0.05, 0) is 42.5 Å². The van der Waals surface area contributed by atoms with Crippen molar-refractivity contribution in [1.29, 1.82) is 0 Å². The van der Waals surface area contributed by atoms with Crippen LogP contribution in [0.5, 0.6) is 0 Å². The van der Waals surface area contributed by atoms with E-state index in [-0.39, 0.29) is 5.78 Å². The number of halogens is 2. The number of nitrogens with zero attached hydrogens (tertiary/aromatic N) is 1. The van der Waals surface area contributed by atoms with Gasteiger partial charge in [0.1, 0.15) is 16.5 Å². The number of benzene rings is 3. The number of allylic oxidation sites excluding steroid dienone is 1. The number of carbonyl (C=O) groups excluding carboxylic acids is 1. The molecule has 0 fully saturated rings. The fourth-order valence-corrected chi connectivity index (χ4v) is 4.96. The number of ketones is 1. The normalized spacial score (nSPS) is 11.9. The van der Waals surface area contributed by atoms with Gasteiger partial charge in [-0.2, -0.15) is 8.78 Å². The molecule has 0 amide bonds. The smallest absolute Gasteiger partial charge is 0.288 e. The van der Waals surface area contributed by atoms with Crippen molar-refractivity contribution >= 4 is 50.7 Å². The minimum atomic E-state index is -2.46. The number of furan rings is 1. The molecule has 0 radical (unpaired) electrons. The van der Waals surface area contributed by atoms with Crippen molar-refractivity contribution < 1.29 is 18.0 Å². The first-order valence-electron chi connectivity index (χ1n) is 10.4. The van der Waals surface area contributed by atoms with Crippen LogP contribution >= 0.6 is 23.1 Å². The maximum absolute atomic E-state index is 13.4. The molecule has 2 heterocycles. The van der Waals surface area contributed by atoms with Crippen molar-refractivity contribution in [2.24, 2.45) is 0 Å². The van der Waals surface area contributed by atoms with Gasteiger partial charge in [-0.25, -0.2) is 4.98 Å². The highest BCUT2D eigenvalue weighted by Gasteiger charge is 2.19. The number of rotatable bonds is 7. The van der Waals surface area contributed by atoms with Gasteiger partial charge in [0, 0.05) is 16.0 Å². The van der Waals surface area contributed by atoms with E-state index < -0.39 is 5.76 Å². The van der Waals surface area contributed by atoms with Gasteiger partial charge in [0.15, 0.2) is 5.78 Å². The van der Waals surface area contributed by atoms with Crippen molar-refractivity contribution in [3.05, 3.63) is 107 Å². The summed E-state index contributed by atoms with van der Waals surface area (Å²) < 4.78 is 32.1. The van der Waals surface area contributed by atoms with Crippen LogP contribution in [0.25, 0.3) is 33.2 Å². The van der Waals surface area contributed by atoms with Gasteiger partial charge in [0.25, 0.3) is 5.76 Å². The monoisotopic (exact) mass is 489 g/mol. The summed E-state index contributed by atoms with van der Waals surface area (Å²) in [7, 11) is 0. The van der Waals surface area contributed by atoms with Crippen molar-refractivity contribution in [2.45, 2.75) is 10.7 Å². The summed E-state index contributed by atoms with van der Waals surface area (Å²) in [6.45, 7) is 0. The van der Waals surface area contributed by atoms with Crippen LogP contribution in [-0.2, 0) is 0 Å². The predicted octanol–water partition coefficient (Wildman–Crippen LogP) is 8.29. The molecule has 5 rings (SSSR count). The third-order valence-electron chi connectivity index (χ3n) is 5.08. The number of alkyl halides is 2. The van der Waals surface area contributed by atoms with Crippen molar-refractivity contribution in [3.63, 3.8) is 0 Å². The second-order valence-corrected chi connectivity index (χ2v) is 9.44. The zero-order chi connectivity index (χ0) is 23.5. The summed E-state index contributed by atoms with van der Waals surface area (Å²) in [6, 6.07) is 27.1. The number of fused-ring (bicyclic) bond motifs is 1. The van der Waals surface area contributed by atoms with Crippen molar-refractivity contribution in [1.82, 2.24) is 4.98 Å². The Hall–Kier alpha value is -3.55. The van der Waals surface area contributed by atoms with E-state index in [0.717, 1.165) is 15.8 Å². The number of aromatic nitrogens is 1. The summed E-state index contributed by atoms with van der Waals surface area (Å²) in [5, 5.41) is 0.612. The second kappa shape index (κ2) is 9.75. The fraction of sp³-hybridized carbons (Fsp3) is 0.0370. The molecule has 34 heavy (non-hydrogen) atoms. The molecule has 7 heteroatoms. The zero-order valence-electron chi connectivity index (χ0n) is 17.7. The Bertz CT molecular complexity index is 1440. The second-order valence-electron chi connectivity index (χ2n) is 7.34. The van der Waals surface area contributed by atoms with E-state index in [9.17, 15) is 13.6 Å². The molecule has 0 aliphatic heterocycles. The maximum Gasteiger partial charge on any atom is 0.288 e. The van der Waals surface area contributed by atoms with Crippen LogP contribution in [-0.4, -0.2) is 16.5 Å². The van der Waals surface area contributed by atoms with Gasteiger partial charge in [-0.1, -0.05) is 66.4 Å². The fourth-order valence-electron chi connectivity index (χ4n) is 3.49. The topological polar surface area (TPSA) is 43.1 Å². The lowest BCUT2D eigenvalue weighted by Gasteiger charge is -2.04. The molecule has 0 saturated heterocycles. The number of carbonyl (C=O) groups is 1. The first kappa shape index (κ1) is 22.3. The maximum atomic E-state index is 13.4. The molecule has 0 unspecified atom stereocenters. The van der Waals surface area contributed by atoms with Crippen molar-refractivity contribution in [2.75, 3.05) is 0 Å². The molecule has 0 bridgehead atoms. The van der Waals surface area contributed by atoms with Crippen LogP contribution in [0.2, 0.25) is 0 Å². The van der Waals surface area contributed by atoms with E-state index >= 15 is 0 Å². The van der Waals surface area contributed by atoms with E-state index in [1.165, 1.54) is 11.3 Å². The quantitative estimate of drug-likeness (QED) is 0.131. The molecule has 3 nitrogen and oxygen atoms in total. The van der Waals surface area contributed by atoms with E-state index in [0.29, 0.717) is 44.3 Å². The standard InChI is InChI=1S/C27H17F2NO2S2/c28-27(29)33-20-13-10-17(11-14-20)23-15-12-19(32-23)16-21(25(31)18-6-2-1-3-7-18)26-30-22-8-4-5-9-24(22)34-26/h1-16,27H/b21-16-. The Morgan fingerprint density at radius 2 is 1.65 bits per heavy atom. The highest BCUT2D eigenvalue weighted by Crippen LogP contribution is 2.33. The molecule has 0 spiro atoms. The Balaban J connectivity index is 1.52. The molecule has 0 aliphatic rings. The number of thioether (sulfide) groups is 1. The largest absolute Gasteiger partial charge is 0.457 e. The van der Waals surface area contributed by atoms with Gasteiger partial charge < -0.3 is 4.42 Å². The van der Waals surface area contributed by atoms with E-state index in [4.69, 9.17) is 4.42 Å². The molecule has 168 valence electrons. The van der Waals surface area contributed by atoms with Gasteiger partial charge >= 0.3 is 0 Å². The Kier molecular flexibility index (Phi) is 6.38. The Labute approximate surface area is 202 Å². The summed E-state index contributed by atoms with van der Waals surface area (Å²) >= 11 is 1.95. The van der Waals surface area contributed by atoms with Crippen LogP contribution in [0, 0.1) is 0 Å². The molecular weight excluding hydrogens is 472 g/mol. The van der Waals surface area contributed by atoms with Crippen LogP contribution in [0.1, 0.15) is 21.1 Å². The van der Waals surface area contributed by atoms with Gasteiger partial charge in [0.2, 0.25) is 0 Å². The first-order chi connectivity index (χ1) is 16.6. The molecule has 5 aromatic rings. The number of Topliss-reactive ketones (excluding diaryl/α,β-unsaturated/α-hetero) is 1. The van der Waals surface area contributed by atoms with Crippen LogP contribution in [0.3, 0.4) is 0 Å².